The Kier molecular flexibility index (Phi) is 6.22. The van der Waals surface area contributed by atoms with Gasteiger partial charge in [-0.3, -0.25) is 4.79 Å². The summed E-state index contributed by atoms with van der Waals surface area (Å²) in [6.45, 7) is 2.12. The highest BCUT2D eigenvalue weighted by Gasteiger charge is 2.16. The summed E-state index contributed by atoms with van der Waals surface area (Å²) in [7, 11) is 0. The van der Waals surface area contributed by atoms with Crippen molar-refractivity contribution in [1.29, 1.82) is 0 Å². The molecule has 0 fully saturated rings. The van der Waals surface area contributed by atoms with Gasteiger partial charge < -0.3 is 10.2 Å². The van der Waals surface area contributed by atoms with Crippen LogP contribution in [-0.4, -0.2) is 22.0 Å². The third-order valence-corrected chi connectivity index (χ3v) is 3.04. The lowest BCUT2D eigenvalue weighted by Crippen LogP contribution is -2.10. The summed E-state index contributed by atoms with van der Waals surface area (Å²) in [6.07, 6.45) is 3.19. The Bertz CT molecular complexity index is 422. The van der Waals surface area contributed by atoms with Crippen molar-refractivity contribution >= 4 is 11.8 Å². The normalized spacial score (nSPS) is 12.1. The van der Waals surface area contributed by atoms with E-state index in [1.165, 1.54) is 12.1 Å². The van der Waals surface area contributed by atoms with Gasteiger partial charge in [-0.2, -0.15) is 0 Å². The lowest BCUT2D eigenvalue weighted by Gasteiger charge is -2.06. The number of unbranched alkanes of at least 4 members (excludes halogenated alkanes) is 3. The standard InChI is InChI=1S/C15H20O4/c1-2-3-4-5-6-13(16)11-7-9-12(10-8-11)14(17)15(18)19/h7-10,14,17H,2-6H2,1H3,(H,18,19). The highest BCUT2D eigenvalue weighted by atomic mass is 16.4. The van der Waals surface area contributed by atoms with E-state index in [0.717, 1.165) is 25.7 Å². The number of benzene rings is 1. The van der Waals surface area contributed by atoms with Gasteiger partial charge in [0.25, 0.3) is 0 Å². The third kappa shape index (κ3) is 4.83. The predicted molar refractivity (Wildman–Crippen MR) is 72.1 cm³/mol. The predicted octanol–water partition coefficient (Wildman–Crippen LogP) is 2.96. The molecule has 0 heterocycles. The fourth-order valence-electron chi connectivity index (χ4n) is 1.85. The Balaban J connectivity index is 2.56. The SMILES string of the molecule is CCCCCCC(=O)c1ccc(C(O)C(=O)O)cc1. The molecule has 0 aliphatic rings. The molecule has 0 saturated heterocycles. The molecule has 0 aliphatic heterocycles. The average Bonchev–Trinajstić information content (AvgIpc) is 2.42. The minimum Gasteiger partial charge on any atom is -0.479 e. The quantitative estimate of drug-likeness (QED) is 0.559. The van der Waals surface area contributed by atoms with Gasteiger partial charge in [-0.15, -0.1) is 0 Å². The number of aliphatic hydroxyl groups excluding tert-OH is 1. The first-order valence-corrected chi connectivity index (χ1v) is 6.60. The molecule has 0 spiro atoms. The number of aliphatic hydroxyl groups is 1. The van der Waals surface area contributed by atoms with Gasteiger partial charge in [0.05, 0.1) is 0 Å². The van der Waals surface area contributed by atoms with Gasteiger partial charge in [-0.05, 0) is 12.0 Å². The van der Waals surface area contributed by atoms with E-state index in [1.54, 1.807) is 12.1 Å². The Labute approximate surface area is 113 Å². The van der Waals surface area contributed by atoms with E-state index in [0.29, 0.717) is 12.0 Å². The van der Waals surface area contributed by atoms with Crippen LogP contribution in [-0.2, 0) is 4.79 Å². The van der Waals surface area contributed by atoms with Crippen LogP contribution in [0.1, 0.15) is 61.1 Å². The number of ketones is 1. The number of Topliss-reactive ketones (excluding diaryl/α,β-unsaturated/α-hetero) is 1. The lowest BCUT2D eigenvalue weighted by atomic mass is 10.0. The van der Waals surface area contributed by atoms with E-state index in [2.05, 4.69) is 6.92 Å². The molecule has 0 aromatic heterocycles. The van der Waals surface area contributed by atoms with Crippen LogP contribution in [0, 0.1) is 0 Å². The van der Waals surface area contributed by atoms with E-state index in [4.69, 9.17) is 5.11 Å². The molecule has 0 radical (unpaired) electrons. The Morgan fingerprint density at radius 2 is 1.74 bits per heavy atom. The Morgan fingerprint density at radius 1 is 1.11 bits per heavy atom. The van der Waals surface area contributed by atoms with Gasteiger partial charge in [-0.1, -0.05) is 50.5 Å². The molecule has 0 amide bonds. The van der Waals surface area contributed by atoms with Crippen molar-refractivity contribution in [2.75, 3.05) is 0 Å². The number of aliphatic carboxylic acids is 1. The average molecular weight is 264 g/mol. The van der Waals surface area contributed by atoms with Crippen LogP contribution in [0.25, 0.3) is 0 Å². The zero-order valence-electron chi connectivity index (χ0n) is 11.1. The van der Waals surface area contributed by atoms with Crippen molar-refractivity contribution in [2.45, 2.75) is 45.1 Å². The summed E-state index contributed by atoms with van der Waals surface area (Å²) in [5.74, 6) is -1.23. The molecule has 0 aliphatic carbocycles. The second kappa shape index (κ2) is 7.69. The summed E-state index contributed by atoms with van der Waals surface area (Å²) >= 11 is 0. The number of carboxylic acid groups (broad SMARTS) is 1. The molecular weight excluding hydrogens is 244 g/mol. The van der Waals surface area contributed by atoms with Crippen molar-refractivity contribution in [1.82, 2.24) is 0 Å². The minimum absolute atomic E-state index is 0.0625. The van der Waals surface area contributed by atoms with Gasteiger partial charge in [0.15, 0.2) is 11.9 Å². The van der Waals surface area contributed by atoms with Gasteiger partial charge in [0.1, 0.15) is 0 Å². The fraction of sp³-hybridized carbons (Fsp3) is 0.467. The summed E-state index contributed by atoms with van der Waals surface area (Å²) in [6, 6.07) is 6.11. The van der Waals surface area contributed by atoms with Crippen molar-refractivity contribution in [3.8, 4) is 0 Å². The number of carboxylic acids is 1. The number of carbonyl (C=O) groups is 2. The highest BCUT2D eigenvalue weighted by Crippen LogP contribution is 2.15. The summed E-state index contributed by atoms with van der Waals surface area (Å²) in [4.78, 5) is 22.4. The van der Waals surface area contributed by atoms with Gasteiger partial charge in [0, 0.05) is 12.0 Å². The van der Waals surface area contributed by atoms with Crippen LogP contribution < -0.4 is 0 Å². The smallest absolute Gasteiger partial charge is 0.337 e. The second-order valence-corrected chi connectivity index (χ2v) is 4.60. The zero-order chi connectivity index (χ0) is 14.3. The molecule has 4 heteroatoms. The van der Waals surface area contributed by atoms with Gasteiger partial charge >= 0.3 is 5.97 Å². The summed E-state index contributed by atoms with van der Waals surface area (Å²) in [5.41, 5.74) is 0.855. The molecule has 1 atom stereocenters. The van der Waals surface area contributed by atoms with Crippen LogP contribution in [0.15, 0.2) is 24.3 Å². The Morgan fingerprint density at radius 3 is 2.26 bits per heavy atom. The Hall–Kier alpha value is -1.68. The summed E-state index contributed by atoms with van der Waals surface area (Å²) in [5, 5.41) is 18.0. The molecule has 4 nitrogen and oxygen atoms in total. The van der Waals surface area contributed by atoms with Crippen molar-refractivity contribution in [2.24, 2.45) is 0 Å². The molecule has 2 N–H and O–H groups in total. The van der Waals surface area contributed by atoms with Gasteiger partial charge in [-0.25, -0.2) is 4.79 Å². The van der Waals surface area contributed by atoms with Crippen molar-refractivity contribution in [3.05, 3.63) is 35.4 Å². The molecule has 104 valence electrons. The van der Waals surface area contributed by atoms with Crippen LogP contribution in [0.3, 0.4) is 0 Å². The maximum atomic E-state index is 11.8. The second-order valence-electron chi connectivity index (χ2n) is 4.60. The largest absolute Gasteiger partial charge is 0.479 e. The van der Waals surface area contributed by atoms with Crippen LogP contribution >= 0.6 is 0 Å². The van der Waals surface area contributed by atoms with Crippen molar-refractivity contribution < 1.29 is 19.8 Å². The topological polar surface area (TPSA) is 74.6 Å². The molecule has 1 rings (SSSR count). The highest BCUT2D eigenvalue weighted by molar-refractivity contribution is 5.96. The van der Waals surface area contributed by atoms with E-state index in [1.807, 2.05) is 0 Å². The molecule has 1 unspecified atom stereocenters. The number of hydrogen-bond acceptors (Lipinski definition) is 3. The van der Waals surface area contributed by atoms with Crippen LogP contribution in [0.4, 0.5) is 0 Å². The third-order valence-electron chi connectivity index (χ3n) is 3.04. The van der Waals surface area contributed by atoms with E-state index in [-0.39, 0.29) is 11.3 Å². The first-order chi connectivity index (χ1) is 9.06. The summed E-state index contributed by atoms with van der Waals surface area (Å²) < 4.78 is 0. The fourth-order valence-corrected chi connectivity index (χ4v) is 1.85. The molecule has 1 aromatic rings. The molecular formula is C15H20O4. The minimum atomic E-state index is -1.53. The lowest BCUT2D eigenvalue weighted by molar-refractivity contribution is -0.146. The number of carbonyl (C=O) groups excluding carboxylic acids is 1. The molecule has 0 saturated carbocycles. The maximum absolute atomic E-state index is 11.8. The number of hydrogen-bond donors (Lipinski definition) is 2. The van der Waals surface area contributed by atoms with Crippen LogP contribution in [0.2, 0.25) is 0 Å². The van der Waals surface area contributed by atoms with E-state index < -0.39 is 12.1 Å². The van der Waals surface area contributed by atoms with E-state index in [9.17, 15) is 14.7 Å². The van der Waals surface area contributed by atoms with Gasteiger partial charge in [0.2, 0.25) is 0 Å². The zero-order valence-corrected chi connectivity index (χ0v) is 11.1. The number of rotatable bonds is 8. The first kappa shape index (κ1) is 15.4. The molecule has 1 aromatic carbocycles. The van der Waals surface area contributed by atoms with Crippen LogP contribution in [0.5, 0.6) is 0 Å². The molecule has 0 bridgehead atoms. The van der Waals surface area contributed by atoms with E-state index >= 15 is 0 Å². The van der Waals surface area contributed by atoms with Crippen molar-refractivity contribution in [3.63, 3.8) is 0 Å². The maximum Gasteiger partial charge on any atom is 0.337 e. The molecule has 19 heavy (non-hydrogen) atoms. The first-order valence-electron chi connectivity index (χ1n) is 6.60. The monoisotopic (exact) mass is 264 g/mol.